The van der Waals surface area contributed by atoms with Gasteiger partial charge in [-0.2, -0.15) is 4.98 Å². The molecular formula is C15H19ClFN3O. The Bertz CT molecular complexity index is 596. The Labute approximate surface area is 129 Å². The van der Waals surface area contributed by atoms with Gasteiger partial charge >= 0.3 is 0 Å². The number of nitrogens with two attached hydrogens (primary N) is 1. The molecule has 1 aliphatic carbocycles. The van der Waals surface area contributed by atoms with Gasteiger partial charge in [0.2, 0.25) is 5.89 Å². The summed E-state index contributed by atoms with van der Waals surface area (Å²) in [5.41, 5.74) is 6.70. The summed E-state index contributed by atoms with van der Waals surface area (Å²) in [4.78, 5) is 4.41. The quantitative estimate of drug-likeness (QED) is 0.944. The number of halogens is 2. The van der Waals surface area contributed by atoms with Crippen LogP contribution in [0.15, 0.2) is 28.8 Å². The molecule has 1 fully saturated rings. The van der Waals surface area contributed by atoms with Crippen LogP contribution in [0.3, 0.4) is 0 Å². The van der Waals surface area contributed by atoms with Crippen molar-refractivity contribution in [1.29, 1.82) is 0 Å². The molecule has 114 valence electrons. The third-order valence-corrected chi connectivity index (χ3v) is 3.89. The van der Waals surface area contributed by atoms with E-state index in [2.05, 4.69) is 10.1 Å². The van der Waals surface area contributed by atoms with Gasteiger partial charge in [-0.3, -0.25) is 0 Å². The monoisotopic (exact) mass is 311 g/mol. The van der Waals surface area contributed by atoms with E-state index in [-0.39, 0.29) is 18.2 Å². The van der Waals surface area contributed by atoms with Crippen LogP contribution in [0, 0.1) is 5.82 Å². The SMILES string of the molecule is Cl.NC1(c2nc(Cc3cccc(F)c3)no2)CCCCC1. The molecule has 1 heterocycles. The maximum Gasteiger partial charge on any atom is 0.246 e. The van der Waals surface area contributed by atoms with Crippen LogP contribution >= 0.6 is 12.4 Å². The summed E-state index contributed by atoms with van der Waals surface area (Å²) in [6, 6.07) is 6.42. The zero-order valence-corrected chi connectivity index (χ0v) is 12.5. The van der Waals surface area contributed by atoms with E-state index in [4.69, 9.17) is 10.3 Å². The van der Waals surface area contributed by atoms with Gasteiger partial charge in [0.05, 0.1) is 5.54 Å². The fourth-order valence-electron chi connectivity index (χ4n) is 2.75. The third kappa shape index (κ3) is 3.60. The van der Waals surface area contributed by atoms with E-state index in [0.717, 1.165) is 31.2 Å². The molecule has 21 heavy (non-hydrogen) atoms. The van der Waals surface area contributed by atoms with Gasteiger partial charge in [-0.25, -0.2) is 4.39 Å². The minimum atomic E-state index is -0.481. The van der Waals surface area contributed by atoms with E-state index in [1.807, 2.05) is 6.07 Å². The lowest BCUT2D eigenvalue weighted by molar-refractivity contribution is 0.219. The average Bonchev–Trinajstić information content (AvgIpc) is 2.89. The molecule has 1 saturated carbocycles. The number of nitrogens with zero attached hydrogens (tertiary/aromatic N) is 2. The molecule has 0 atom stereocenters. The van der Waals surface area contributed by atoms with Gasteiger partial charge in [0.15, 0.2) is 5.82 Å². The molecule has 4 nitrogen and oxygen atoms in total. The van der Waals surface area contributed by atoms with Crippen molar-refractivity contribution in [3.05, 3.63) is 47.4 Å². The molecule has 0 saturated heterocycles. The first-order chi connectivity index (χ1) is 9.66. The van der Waals surface area contributed by atoms with Crippen LogP contribution in [0.1, 0.15) is 49.4 Å². The fourth-order valence-corrected chi connectivity index (χ4v) is 2.75. The van der Waals surface area contributed by atoms with Crippen LogP contribution < -0.4 is 5.73 Å². The van der Waals surface area contributed by atoms with Gasteiger partial charge in [-0.15, -0.1) is 12.4 Å². The van der Waals surface area contributed by atoms with E-state index >= 15 is 0 Å². The molecule has 1 aromatic carbocycles. The molecular weight excluding hydrogens is 293 g/mol. The minimum absolute atomic E-state index is 0. The highest BCUT2D eigenvalue weighted by Gasteiger charge is 2.35. The summed E-state index contributed by atoms with van der Waals surface area (Å²) in [7, 11) is 0. The Hall–Kier alpha value is -1.46. The summed E-state index contributed by atoms with van der Waals surface area (Å²) >= 11 is 0. The molecule has 3 rings (SSSR count). The van der Waals surface area contributed by atoms with Crippen LogP contribution in [-0.2, 0) is 12.0 Å². The summed E-state index contributed by atoms with van der Waals surface area (Å²) < 4.78 is 18.5. The van der Waals surface area contributed by atoms with Gasteiger partial charge in [0, 0.05) is 6.42 Å². The molecule has 0 amide bonds. The molecule has 6 heteroatoms. The standard InChI is InChI=1S/C15H18FN3O.ClH/c16-12-6-4-5-11(9-12)10-13-18-14(20-19-13)15(17)7-2-1-3-8-15;/h4-6,9H,1-3,7-8,10,17H2;1H. The van der Waals surface area contributed by atoms with Crippen molar-refractivity contribution < 1.29 is 8.91 Å². The number of benzene rings is 1. The number of hydrogen-bond acceptors (Lipinski definition) is 4. The Kier molecular flexibility index (Phi) is 4.96. The van der Waals surface area contributed by atoms with Crippen molar-refractivity contribution in [2.24, 2.45) is 5.73 Å². The van der Waals surface area contributed by atoms with Crippen LogP contribution in [-0.4, -0.2) is 10.1 Å². The molecule has 0 spiro atoms. The van der Waals surface area contributed by atoms with Crippen molar-refractivity contribution in [2.45, 2.75) is 44.1 Å². The van der Waals surface area contributed by atoms with Gasteiger partial charge < -0.3 is 10.3 Å². The van der Waals surface area contributed by atoms with Gasteiger partial charge in [-0.05, 0) is 30.5 Å². The van der Waals surface area contributed by atoms with Crippen LogP contribution in [0.25, 0.3) is 0 Å². The van der Waals surface area contributed by atoms with Crippen LogP contribution in [0.4, 0.5) is 4.39 Å². The Morgan fingerprint density at radius 3 is 2.71 bits per heavy atom. The largest absolute Gasteiger partial charge is 0.337 e. The number of aromatic nitrogens is 2. The molecule has 0 unspecified atom stereocenters. The summed E-state index contributed by atoms with van der Waals surface area (Å²) in [5.74, 6) is 0.818. The predicted octanol–water partition coefficient (Wildman–Crippen LogP) is 3.34. The molecule has 0 aliphatic heterocycles. The van der Waals surface area contributed by atoms with Crippen LogP contribution in [0.5, 0.6) is 0 Å². The lowest BCUT2D eigenvalue weighted by Crippen LogP contribution is -2.39. The van der Waals surface area contributed by atoms with Gasteiger partial charge in [0.1, 0.15) is 5.82 Å². The maximum absolute atomic E-state index is 13.1. The number of hydrogen-bond donors (Lipinski definition) is 1. The van der Waals surface area contributed by atoms with Crippen molar-refractivity contribution in [1.82, 2.24) is 10.1 Å². The topological polar surface area (TPSA) is 64.9 Å². The summed E-state index contributed by atoms with van der Waals surface area (Å²) in [5, 5.41) is 3.97. The average molecular weight is 312 g/mol. The van der Waals surface area contributed by atoms with E-state index in [1.165, 1.54) is 18.6 Å². The normalized spacial score (nSPS) is 17.2. The van der Waals surface area contributed by atoms with E-state index in [1.54, 1.807) is 6.07 Å². The lowest BCUT2D eigenvalue weighted by atomic mass is 9.82. The van der Waals surface area contributed by atoms with E-state index in [9.17, 15) is 4.39 Å². The predicted molar refractivity (Wildman–Crippen MR) is 79.7 cm³/mol. The highest BCUT2D eigenvalue weighted by Crippen LogP contribution is 2.33. The minimum Gasteiger partial charge on any atom is -0.337 e. The second kappa shape index (κ2) is 6.54. The molecule has 2 aromatic rings. The smallest absolute Gasteiger partial charge is 0.246 e. The first-order valence-corrected chi connectivity index (χ1v) is 7.02. The van der Waals surface area contributed by atoms with Crippen LogP contribution in [0.2, 0.25) is 0 Å². The van der Waals surface area contributed by atoms with E-state index < -0.39 is 5.54 Å². The van der Waals surface area contributed by atoms with Crippen molar-refractivity contribution in [3.63, 3.8) is 0 Å². The lowest BCUT2D eigenvalue weighted by Gasteiger charge is -2.29. The Balaban J connectivity index is 0.00000161. The second-order valence-electron chi connectivity index (χ2n) is 5.54. The second-order valence-corrected chi connectivity index (χ2v) is 5.54. The van der Waals surface area contributed by atoms with Gasteiger partial charge in [-0.1, -0.05) is 36.6 Å². The maximum atomic E-state index is 13.1. The first kappa shape index (κ1) is 15.9. The highest BCUT2D eigenvalue weighted by atomic mass is 35.5. The molecule has 1 aliphatic rings. The van der Waals surface area contributed by atoms with Crippen molar-refractivity contribution in [2.75, 3.05) is 0 Å². The third-order valence-electron chi connectivity index (χ3n) is 3.89. The van der Waals surface area contributed by atoms with Crippen molar-refractivity contribution in [3.8, 4) is 0 Å². The first-order valence-electron chi connectivity index (χ1n) is 7.02. The Morgan fingerprint density at radius 2 is 2.00 bits per heavy atom. The molecule has 1 aromatic heterocycles. The Morgan fingerprint density at radius 1 is 1.24 bits per heavy atom. The molecule has 0 radical (unpaired) electrons. The number of rotatable bonds is 3. The van der Waals surface area contributed by atoms with Crippen molar-refractivity contribution >= 4 is 12.4 Å². The van der Waals surface area contributed by atoms with Gasteiger partial charge in [0.25, 0.3) is 0 Å². The summed E-state index contributed by atoms with van der Waals surface area (Å²) in [6.45, 7) is 0. The zero-order valence-electron chi connectivity index (χ0n) is 11.7. The zero-order chi connectivity index (χ0) is 14.0. The highest BCUT2D eigenvalue weighted by molar-refractivity contribution is 5.85. The molecule has 2 N–H and O–H groups in total. The summed E-state index contributed by atoms with van der Waals surface area (Å²) in [6.07, 6.45) is 5.62. The fraction of sp³-hybridized carbons (Fsp3) is 0.467. The van der Waals surface area contributed by atoms with E-state index in [0.29, 0.717) is 18.1 Å². The molecule has 0 bridgehead atoms.